The van der Waals surface area contributed by atoms with Gasteiger partial charge in [-0.25, -0.2) is 14.4 Å². The number of hydrogen-bond donors (Lipinski definition) is 2. The van der Waals surface area contributed by atoms with Gasteiger partial charge >= 0.3 is 0 Å². The first-order valence-electron chi connectivity index (χ1n) is 7.13. The molecule has 0 aliphatic carbocycles. The number of anilines is 3. The van der Waals surface area contributed by atoms with Crippen LogP contribution in [0.15, 0.2) is 54.9 Å². The number of benzene rings is 2. The minimum absolute atomic E-state index is 0.259. The van der Waals surface area contributed by atoms with Gasteiger partial charge in [-0.05, 0) is 29.8 Å². The molecule has 24 heavy (non-hydrogen) atoms. The van der Waals surface area contributed by atoms with Crippen molar-refractivity contribution in [1.82, 2.24) is 9.97 Å². The fraction of sp³-hybridized carbons (Fsp3) is 0.0588. The lowest BCUT2D eigenvalue weighted by Gasteiger charge is -2.10. The van der Waals surface area contributed by atoms with E-state index in [4.69, 9.17) is 23.2 Å². The second-order valence-electron chi connectivity index (χ2n) is 4.99. The molecule has 7 heteroatoms. The highest BCUT2D eigenvalue weighted by molar-refractivity contribution is 6.43. The molecule has 0 aliphatic heterocycles. The Morgan fingerprint density at radius 1 is 0.958 bits per heavy atom. The summed E-state index contributed by atoms with van der Waals surface area (Å²) >= 11 is 12.1. The number of hydrogen-bond acceptors (Lipinski definition) is 4. The van der Waals surface area contributed by atoms with Crippen LogP contribution in [0.4, 0.5) is 21.7 Å². The summed E-state index contributed by atoms with van der Waals surface area (Å²) in [5.74, 6) is 0.955. The lowest BCUT2D eigenvalue weighted by molar-refractivity contribution is 0.627. The van der Waals surface area contributed by atoms with E-state index in [1.807, 2.05) is 6.07 Å². The van der Waals surface area contributed by atoms with Gasteiger partial charge in [0.2, 0.25) is 0 Å². The largest absolute Gasteiger partial charge is 0.366 e. The summed E-state index contributed by atoms with van der Waals surface area (Å²) in [4.78, 5) is 8.32. The van der Waals surface area contributed by atoms with E-state index in [1.54, 1.807) is 30.3 Å². The summed E-state index contributed by atoms with van der Waals surface area (Å²) in [5, 5.41) is 7.15. The molecule has 0 radical (unpaired) electrons. The fourth-order valence-electron chi connectivity index (χ4n) is 2.06. The second-order valence-corrected chi connectivity index (χ2v) is 5.78. The lowest BCUT2D eigenvalue weighted by Crippen LogP contribution is -2.03. The summed E-state index contributed by atoms with van der Waals surface area (Å²) in [6.07, 6.45) is 1.44. The molecule has 0 bridgehead atoms. The molecule has 0 saturated carbocycles. The predicted molar refractivity (Wildman–Crippen MR) is 95.5 cm³/mol. The Kier molecular flexibility index (Phi) is 5.13. The first-order chi connectivity index (χ1) is 11.6. The first-order valence-corrected chi connectivity index (χ1v) is 7.89. The summed E-state index contributed by atoms with van der Waals surface area (Å²) < 4.78 is 12.9. The van der Waals surface area contributed by atoms with Crippen LogP contribution in [-0.2, 0) is 6.54 Å². The van der Waals surface area contributed by atoms with Crippen LogP contribution in [0.2, 0.25) is 10.0 Å². The molecule has 0 amide bonds. The Bertz CT molecular complexity index is 840. The molecule has 3 aromatic rings. The van der Waals surface area contributed by atoms with Gasteiger partial charge in [0.25, 0.3) is 0 Å². The van der Waals surface area contributed by atoms with Gasteiger partial charge in [0.1, 0.15) is 23.8 Å². The lowest BCUT2D eigenvalue weighted by atomic mass is 10.2. The number of nitrogens with zero attached hydrogens (tertiary/aromatic N) is 2. The molecule has 1 heterocycles. The van der Waals surface area contributed by atoms with E-state index < -0.39 is 0 Å². The smallest absolute Gasteiger partial charge is 0.135 e. The monoisotopic (exact) mass is 362 g/mol. The van der Waals surface area contributed by atoms with Gasteiger partial charge in [0.15, 0.2) is 0 Å². The van der Waals surface area contributed by atoms with Crippen LogP contribution in [-0.4, -0.2) is 9.97 Å². The molecule has 122 valence electrons. The highest BCUT2D eigenvalue weighted by Gasteiger charge is 2.06. The zero-order valence-corrected chi connectivity index (χ0v) is 13.9. The second kappa shape index (κ2) is 7.47. The zero-order chi connectivity index (χ0) is 16.9. The molecule has 3 rings (SSSR count). The van der Waals surface area contributed by atoms with Crippen LogP contribution in [0.3, 0.4) is 0 Å². The summed E-state index contributed by atoms with van der Waals surface area (Å²) in [5.41, 5.74) is 1.61. The van der Waals surface area contributed by atoms with Crippen molar-refractivity contribution in [3.05, 3.63) is 76.3 Å². The average molecular weight is 363 g/mol. The van der Waals surface area contributed by atoms with Crippen molar-refractivity contribution in [2.75, 3.05) is 10.6 Å². The first kappa shape index (κ1) is 16.5. The van der Waals surface area contributed by atoms with Crippen molar-refractivity contribution in [2.45, 2.75) is 6.54 Å². The van der Waals surface area contributed by atoms with Crippen LogP contribution in [0.5, 0.6) is 0 Å². The van der Waals surface area contributed by atoms with E-state index in [2.05, 4.69) is 20.6 Å². The third kappa shape index (κ3) is 4.13. The van der Waals surface area contributed by atoms with E-state index in [0.717, 1.165) is 5.56 Å². The number of nitrogens with one attached hydrogen (secondary N) is 2. The number of aromatic nitrogens is 2. The topological polar surface area (TPSA) is 49.8 Å². The zero-order valence-electron chi connectivity index (χ0n) is 12.4. The van der Waals surface area contributed by atoms with E-state index in [-0.39, 0.29) is 5.82 Å². The molecule has 0 spiro atoms. The van der Waals surface area contributed by atoms with Crippen molar-refractivity contribution in [1.29, 1.82) is 0 Å². The molecule has 0 saturated heterocycles. The molecule has 0 aliphatic rings. The number of halogens is 3. The molecule has 0 atom stereocenters. The van der Waals surface area contributed by atoms with Gasteiger partial charge in [-0.3, -0.25) is 0 Å². The van der Waals surface area contributed by atoms with Crippen LogP contribution in [0, 0.1) is 5.82 Å². The average Bonchev–Trinajstić information content (AvgIpc) is 2.59. The van der Waals surface area contributed by atoms with Crippen LogP contribution < -0.4 is 10.6 Å². The van der Waals surface area contributed by atoms with Crippen molar-refractivity contribution < 1.29 is 4.39 Å². The van der Waals surface area contributed by atoms with Crippen molar-refractivity contribution >= 4 is 40.5 Å². The summed E-state index contributed by atoms with van der Waals surface area (Å²) in [6, 6.07) is 13.3. The molecule has 0 fully saturated rings. The van der Waals surface area contributed by atoms with Gasteiger partial charge in [0, 0.05) is 12.6 Å². The van der Waals surface area contributed by atoms with E-state index in [0.29, 0.717) is 33.9 Å². The van der Waals surface area contributed by atoms with E-state index in [9.17, 15) is 4.39 Å². The Morgan fingerprint density at radius 3 is 2.50 bits per heavy atom. The van der Waals surface area contributed by atoms with E-state index in [1.165, 1.54) is 18.5 Å². The van der Waals surface area contributed by atoms with Gasteiger partial charge < -0.3 is 10.6 Å². The van der Waals surface area contributed by atoms with Gasteiger partial charge in [0.05, 0.1) is 15.7 Å². The Labute approximate surface area is 148 Å². The maximum atomic E-state index is 12.9. The van der Waals surface area contributed by atoms with Crippen LogP contribution in [0.25, 0.3) is 0 Å². The minimum atomic E-state index is -0.259. The third-order valence-electron chi connectivity index (χ3n) is 3.27. The predicted octanol–water partition coefficient (Wildman–Crippen LogP) is 5.28. The standard InChI is InChI=1S/C17H13Cl2FN4/c18-13-2-1-3-14(17(13)19)24-16-8-15(22-10-23-16)21-9-11-4-6-12(20)7-5-11/h1-8,10H,9H2,(H2,21,22,23,24). The Balaban J connectivity index is 1.69. The fourth-order valence-corrected chi connectivity index (χ4v) is 2.40. The Morgan fingerprint density at radius 2 is 1.71 bits per heavy atom. The van der Waals surface area contributed by atoms with Gasteiger partial charge in [-0.2, -0.15) is 0 Å². The molecule has 4 nitrogen and oxygen atoms in total. The molecule has 2 aromatic carbocycles. The summed E-state index contributed by atoms with van der Waals surface area (Å²) in [6.45, 7) is 0.522. The number of rotatable bonds is 5. The van der Waals surface area contributed by atoms with Crippen molar-refractivity contribution in [3.8, 4) is 0 Å². The van der Waals surface area contributed by atoms with Gasteiger partial charge in [-0.1, -0.05) is 41.4 Å². The molecular formula is C17H13Cl2FN4. The molecule has 1 aromatic heterocycles. The highest BCUT2D eigenvalue weighted by Crippen LogP contribution is 2.31. The quantitative estimate of drug-likeness (QED) is 0.648. The summed E-state index contributed by atoms with van der Waals surface area (Å²) in [7, 11) is 0. The van der Waals surface area contributed by atoms with Crippen LogP contribution >= 0.6 is 23.2 Å². The highest BCUT2D eigenvalue weighted by atomic mass is 35.5. The normalized spacial score (nSPS) is 10.5. The van der Waals surface area contributed by atoms with Crippen molar-refractivity contribution in [2.24, 2.45) is 0 Å². The van der Waals surface area contributed by atoms with Crippen LogP contribution in [0.1, 0.15) is 5.56 Å². The molecular weight excluding hydrogens is 350 g/mol. The van der Waals surface area contributed by atoms with E-state index >= 15 is 0 Å². The SMILES string of the molecule is Fc1ccc(CNc2cc(Nc3cccc(Cl)c3Cl)ncn2)cc1. The molecule has 2 N–H and O–H groups in total. The maximum absolute atomic E-state index is 12.9. The maximum Gasteiger partial charge on any atom is 0.135 e. The Hall–Kier alpha value is -2.37. The molecule has 0 unspecified atom stereocenters. The third-order valence-corrected chi connectivity index (χ3v) is 4.09. The van der Waals surface area contributed by atoms with Crippen molar-refractivity contribution in [3.63, 3.8) is 0 Å². The minimum Gasteiger partial charge on any atom is -0.366 e. The van der Waals surface area contributed by atoms with Gasteiger partial charge in [-0.15, -0.1) is 0 Å².